The molecule has 1 aromatic heterocycles. The smallest absolute Gasteiger partial charge is 0.111 e. The lowest BCUT2D eigenvalue weighted by Crippen LogP contribution is -2.40. The van der Waals surface area contributed by atoms with Gasteiger partial charge in [-0.2, -0.15) is 0 Å². The molecule has 0 bridgehead atoms. The molecule has 0 spiro atoms. The summed E-state index contributed by atoms with van der Waals surface area (Å²) in [5.74, 6) is 0. The molecule has 1 heterocycles. The molecule has 1 aliphatic rings. The van der Waals surface area contributed by atoms with Crippen LogP contribution in [0.25, 0.3) is 10.2 Å². The second kappa shape index (κ2) is 6.42. The molecule has 1 saturated carbocycles. The van der Waals surface area contributed by atoms with Crippen molar-refractivity contribution >= 4 is 21.6 Å². The van der Waals surface area contributed by atoms with Gasteiger partial charge in [0.2, 0.25) is 0 Å². The van der Waals surface area contributed by atoms with E-state index in [2.05, 4.69) is 55.5 Å². The fourth-order valence-electron chi connectivity index (χ4n) is 3.33. The van der Waals surface area contributed by atoms with Gasteiger partial charge in [-0.1, -0.05) is 12.1 Å². The quantitative estimate of drug-likeness (QED) is 0.930. The summed E-state index contributed by atoms with van der Waals surface area (Å²) in [7, 11) is 4.35. The minimum atomic E-state index is 0.401. The number of nitrogens with zero attached hydrogens (tertiary/aromatic N) is 2. The molecule has 114 valence electrons. The average molecular weight is 303 g/mol. The highest BCUT2D eigenvalue weighted by Gasteiger charge is 2.27. The normalized spacial score (nSPS) is 24.6. The number of para-hydroxylation sites is 1. The van der Waals surface area contributed by atoms with Crippen LogP contribution in [0, 0.1) is 0 Å². The standard InChI is InChI=1S/C17H25N3S/c1-12(17-19-15-6-4-5-7-16(15)21-17)20(3)14-10-8-13(18-2)9-11-14/h4-7,12-14,18H,8-11H2,1-3H3. The SMILES string of the molecule is CNC1CCC(N(C)C(C)c2nc3ccccc3s2)CC1. The zero-order valence-electron chi connectivity index (χ0n) is 13.2. The molecule has 21 heavy (non-hydrogen) atoms. The average Bonchev–Trinajstić information content (AvgIpc) is 2.97. The highest BCUT2D eigenvalue weighted by Crippen LogP contribution is 2.32. The van der Waals surface area contributed by atoms with E-state index in [9.17, 15) is 0 Å². The second-order valence-electron chi connectivity index (χ2n) is 6.16. The van der Waals surface area contributed by atoms with E-state index in [4.69, 9.17) is 4.98 Å². The van der Waals surface area contributed by atoms with Crippen molar-refractivity contribution in [3.63, 3.8) is 0 Å². The van der Waals surface area contributed by atoms with Crippen LogP contribution in [-0.2, 0) is 0 Å². The molecule has 0 aliphatic heterocycles. The molecule has 1 N–H and O–H groups in total. The Morgan fingerprint density at radius 1 is 1.24 bits per heavy atom. The van der Waals surface area contributed by atoms with Crippen molar-refractivity contribution in [3.8, 4) is 0 Å². The number of fused-ring (bicyclic) bond motifs is 1. The van der Waals surface area contributed by atoms with Crippen molar-refractivity contribution in [2.24, 2.45) is 0 Å². The van der Waals surface area contributed by atoms with Gasteiger partial charge in [0.25, 0.3) is 0 Å². The third kappa shape index (κ3) is 3.12. The summed E-state index contributed by atoms with van der Waals surface area (Å²) in [6, 6.07) is 10.3. The van der Waals surface area contributed by atoms with E-state index >= 15 is 0 Å². The topological polar surface area (TPSA) is 28.2 Å². The van der Waals surface area contributed by atoms with E-state index in [1.165, 1.54) is 35.4 Å². The van der Waals surface area contributed by atoms with Gasteiger partial charge in [0, 0.05) is 12.1 Å². The van der Waals surface area contributed by atoms with Gasteiger partial charge in [-0.3, -0.25) is 4.90 Å². The van der Waals surface area contributed by atoms with Crippen LogP contribution in [0.15, 0.2) is 24.3 Å². The zero-order chi connectivity index (χ0) is 14.8. The molecule has 1 atom stereocenters. The Hall–Kier alpha value is -0.970. The number of hydrogen-bond acceptors (Lipinski definition) is 4. The molecule has 4 heteroatoms. The maximum Gasteiger partial charge on any atom is 0.111 e. The molecule has 0 amide bonds. The Balaban J connectivity index is 1.70. The Morgan fingerprint density at radius 3 is 2.62 bits per heavy atom. The minimum absolute atomic E-state index is 0.401. The Labute approximate surface area is 131 Å². The van der Waals surface area contributed by atoms with Crippen molar-refractivity contribution in [3.05, 3.63) is 29.3 Å². The van der Waals surface area contributed by atoms with E-state index in [0.717, 1.165) is 5.52 Å². The predicted molar refractivity (Wildman–Crippen MR) is 90.9 cm³/mol. The van der Waals surface area contributed by atoms with Gasteiger partial charge < -0.3 is 5.32 Å². The summed E-state index contributed by atoms with van der Waals surface area (Å²) in [4.78, 5) is 7.36. The lowest BCUT2D eigenvalue weighted by atomic mass is 9.90. The van der Waals surface area contributed by atoms with Crippen LogP contribution >= 0.6 is 11.3 Å². The van der Waals surface area contributed by atoms with Crippen molar-refractivity contribution in [2.45, 2.75) is 50.7 Å². The van der Waals surface area contributed by atoms with Crippen LogP contribution in [0.5, 0.6) is 0 Å². The number of nitrogens with one attached hydrogen (secondary N) is 1. The monoisotopic (exact) mass is 303 g/mol. The first-order chi connectivity index (χ1) is 10.2. The molecule has 2 aromatic rings. The Bertz CT molecular complexity index is 553. The van der Waals surface area contributed by atoms with Crippen LogP contribution < -0.4 is 5.32 Å². The lowest BCUT2D eigenvalue weighted by molar-refractivity contribution is 0.136. The van der Waals surface area contributed by atoms with Crippen molar-refractivity contribution in [1.82, 2.24) is 15.2 Å². The van der Waals surface area contributed by atoms with Gasteiger partial charge in [0.1, 0.15) is 5.01 Å². The van der Waals surface area contributed by atoms with Crippen LogP contribution in [0.2, 0.25) is 0 Å². The highest BCUT2D eigenvalue weighted by atomic mass is 32.1. The van der Waals surface area contributed by atoms with Crippen LogP contribution in [0.4, 0.5) is 0 Å². The molecule has 3 rings (SSSR count). The number of hydrogen-bond donors (Lipinski definition) is 1. The number of thiazole rings is 1. The van der Waals surface area contributed by atoms with E-state index < -0.39 is 0 Å². The number of rotatable bonds is 4. The molecule has 1 aliphatic carbocycles. The van der Waals surface area contributed by atoms with Crippen LogP contribution in [-0.4, -0.2) is 36.1 Å². The summed E-state index contributed by atoms with van der Waals surface area (Å²) in [5, 5.41) is 4.66. The van der Waals surface area contributed by atoms with E-state index in [-0.39, 0.29) is 0 Å². The van der Waals surface area contributed by atoms with Gasteiger partial charge in [-0.15, -0.1) is 11.3 Å². The first-order valence-electron chi connectivity index (χ1n) is 7.93. The molecular weight excluding hydrogens is 278 g/mol. The van der Waals surface area contributed by atoms with Crippen LogP contribution in [0.3, 0.4) is 0 Å². The highest BCUT2D eigenvalue weighted by molar-refractivity contribution is 7.18. The summed E-state index contributed by atoms with van der Waals surface area (Å²) < 4.78 is 1.30. The molecule has 0 saturated heterocycles. The largest absolute Gasteiger partial charge is 0.317 e. The van der Waals surface area contributed by atoms with Gasteiger partial charge >= 0.3 is 0 Å². The first-order valence-corrected chi connectivity index (χ1v) is 8.75. The molecule has 0 radical (unpaired) electrons. The van der Waals surface area contributed by atoms with E-state index in [0.29, 0.717) is 18.1 Å². The maximum atomic E-state index is 4.82. The Morgan fingerprint density at radius 2 is 1.95 bits per heavy atom. The predicted octanol–water partition coefficient (Wildman–Crippen LogP) is 3.82. The summed E-state index contributed by atoms with van der Waals surface area (Å²) in [5.41, 5.74) is 1.14. The zero-order valence-corrected chi connectivity index (χ0v) is 14.0. The molecule has 1 fully saturated rings. The third-order valence-electron chi connectivity index (χ3n) is 4.96. The van der Waals surface area contributed by atoms with Gasteiger partial charge in [0.05, 0.1) is 16.3 Å². The maximum absolute atomic E-state index is 4.82. The summed E-state index contributed by atoms with van der Waals surface area (Å²) in [6.07, 6.45) is 5.16. The summed E-state index contributed by atoms with van der Waals surface area (Å²) in [6.45, 7) is 2.29. The number of benzene rings is 1. The second-order valence-corrected chi connectivity index (χ2v) is 7.22. The van der Waals surface area contributed by atoms with Crippen molar-refractivity contribution < 1.29 is 0 Å². The van der Waals surface area contributed by atoms with Crippen LogP contribution in [0.1, 0.15) is 43.7 Å². The van der Waals surface area contributed by atoms with Crippen molar-refractivity contribution in [2.75, 3.05) is 14.1 Å². The fraction of sp³-hybridized carbons (Fsp3) is 0.588. The first kappa shape index (κ1) is 14.9. The van der Waals surface area contributed by atoms with Gasteiger partial charge in [-0.05, 0) is 58.8 Å². The number of aromatic nitrogens is 1. The molecule has 1 unspecified atom stereocenters. The fourth-order valence-corrected chi connectivity index (χ4v) is 4.40. The van der Waals surface area contributed by atoms with Gasteiger partial charge in [0.15, 0.2) is 0 Å². The minimum Gasteiger partial charge on any atom is -0.317 e. The summed E-state index contributed by atoms with van der Waals surface area (Å²) >= 11 is 1.84. The van der Waals surface area contributed by atoms with E-state index in [1.807, 2.05) is 11.3 Å². The molecule has 3 nitrogen and oxygen atoms in total. The lowest BCUT2D eigenvalue weighted by Gasteiger charge is -2.37. The third-order valence-corrected chi connectivity index (χ3v) is 6.17. The Kier molecular flexibility index (Phi) is 4.57. The van der Waals surface area contributed by atoms with E-state index in [1.54, 1.807) is 0 Å². The molecular formula is C17H25N3S. The van der Waals surface area contributed by atoms with Gasteiger partial charge in [-0.25, -0.2) is 4.98 Å². The molecule has 1 aromatic carbocycles. The van der Waals surface area contributed by atoms with Crippen molar-refractivity contribution in [1.29, 1.82) is 0 Å².